The Labute approximate surface area is 747 Å². The van der Waals surface area contributed by atoms with Crippen LogP contribution >= 0.6 is 0 Å². The van der Waals surface area contributed by atoms with E-state index in [0.29, 0.717) is 0 Å². The van der Waals surface area contributed by atoms with Gasteiger partial charge in [0.05, 0.1) is 77.8 Å². The van der Waals surface area contributed by atoms with E-state index in [9.17, 15) is 0 Å². The highest BCUT2D eigenvalue weighted by atomic mass is 28.3. The summed E-state index contributed by atoms with van der Waals surface area (Å²) in [4.78, 5) is 9.81. The first-order valence-electron chi connectivity index (χ1n) is 44.9. The molecule has 0 unspecified atom stereocenters. The topological polar surface area (TPSA) is 65.5 Å². The van der Waals surface area contributed by atoms with Crippen LogP contribution in [0, 0.1) is 0 Å². The second-order valence-electron chi connectivity index (χ2n) is 38.5. The minimum absolute atomic E-state index is 0.853. The van der Waals surface area contributed by atoms with Gasteiger partial charge >= 0.3 is 0 Å². The zero-order chi connectivity index (χ0) is 86.4. The second kappa shape index (κ2) is 29.2. The van der Waals surface area contributed by atoms with E-state index >= 15 is 0 Å². The molecule has 0 fully saturated rings. The molecule has 4 heterocycles. The molecule has 0 aliphatic heterocycles. The molecule has 128 heavy (non-hydrogen) atoms. The molecule has 0 aliphatic rings. The van der Waals surface area contributed by atoms with Crippen LogP contribution in [0.2, 0.25) is 77.6 Å². The van der Waals surface area contributed by atoms with Crippen molar-refractivity contribution in [2.45, 2.75) is 77.6 Å². The molecule has 0 bridgehead atoms. The van der Waals surface area contributed by atoms with E-state index in [1.165, 1.54) is 63.8 Å². The standard InChI is InChI=1S/C116H94N4O4Si4/c1-125(2,3)81-55-47-77(48-56-81)117(101-31-19-27-89-85-23-11-15-35-105(85)121-113(89)101)97-67-43-73-41-65-95-99(69-45-75-39-63-93(97)109(73)111(75)95)119(103-33-21-29-91-87-25-13-17-37-107(87)123-115(91)103)79-51-59-83(60-52-79)127(7,8)71-72-128(9,10)84-61-53-80(54-62-84)120(104-34-22-30-92-88-26-14-18-38-108(88)124-116(92)104)100-70-46-76-40-64-94-98(68-44-74-42-66-96(100)112(76)110(74)94)118(78-49-57-82(58-50-78)126(4,5)6)102-32-20-28-90-86-24-12-16-36-106(86)122-114(90)102/h11-70H,71-72H2,1-10H3. The maximum Gasteiger partial charge on any atom is 0.159 e. The summed E-state index contributed by atoms with van der Waals surface area (Å²) < 4.78 is 27.9. The monoisotopic (exact) mass is 1720 g/mol. The minimum atomic E-state index is -2.11. The van der Waals surface area contributed by atoms with Crippen LogP contribution in [0.4, 0.5) is 68.2 Å². The predicted molar refractivity (Wildman–Crippen MR) is 558 cm³/mol. The van der Waals surface area contributed by atoms with Crippen molar-refractivity contribution in [3.63, 3.8) is 0 Å². The maximum absolute atomic E-state index is 7.04. The summed E-state index contributed by atoms with van der Waals surface area (Å²) in [5.41, 5.74) is 19.5. The number of hydrogen-bond donors (Lipinski definition) is 0. The van der Waals surface area contributed by atoms with Gasteiger partial charge in [0, 0.05) is 87.4 Å². The van der Waals surface area contributed by atoms with Crippen LogP contribution in [0.3, 0.4) is 0 Å². The Morgan fingerprint density at radius 1 is 0.180 bits per heavy atom. The van der Waals surface area contributed by atoms with Crippen LogP contribution in [0.5, 0.6) is 0 Å². The smallest absolute Gasteiger partial charge is 0.159 e. The van der Waals surface area contributed by atoms with Gasteiger partial charge in [0.2, 0.25) is 0 Å². The van der Waals surface area contributed by atoms with E-state index in [2.05, 4.69) is 449 Å². The quantitative estimate of drug-likeness (QED) is 0.0586. The summed E-state index contributed by atoms with van der Waals surface area (Å²) in [7, 11) is -7.48. The first-order valence-corrected chi connectivity index (χ1v) is 58.3. The molecule has 24 rings (SSSR count). The Morgan fingerprint density at radius 2 is 0.391 bits per heavy atom. The van der Waals surface area contributed by atoms with Gasteiger partial charge in [0.15, 0.2) is 22.3 Å². The highest BCUT2D eigenvalue weighted by Gasteiger charge is 2.35. The predicted octanol–water partition coefficient (Wildman–Crippen LogP) is 32.6. The lowest BCUT2D eigenvalue weighted by Gasteiger charge is -2.32. The first-order chi connectivity index (χ1) is 62.2. The molecule has 4 aromatic heterocycles. The van der Waals surface area contributed by atoms with Gasteiger partial charge in [-0.15, -0.1) is 0 Å². The SMILES string of the molecule is C[Si](C)(C)c1ccc(N(c2ccc3ccc4c(N(c5ccc([Si](C)(C)CC[Si](C)(C)c6ccc(N(c7ccc8ccc9c(N(c%10ccc([Si](C)(C)C)cc%10)c%10cccc%11c%10oc%10ccccc%10%11)ccc%10ccc7c8c%109)c7cccc8c7oc7ccccc78)cc6)cc5)c5cccc6c5oc5ccccc56)ccc5ccc2c3c54)c2cccc3c2oc2ccccc23)cc1. The van der Waals surface area contributed by atoms with Crippen LogP contribution < -0.4 is 40.3 Å². The third kappa shape index (κ3) is 12.4. The molecule has 0 amide bonds. The van der Waals surface area contributed by atoms with Gasteiger partial charge in [0.1, 0.15) is 22.3 Å². The van der Waals surface area contributed by atoms with E-state index in [-0.39, 0.29) is 0 Å². The van der Waals surface area contributed by atoms with Crippen molar-refractivity contribution in [2.24, 2.45) is 0 Å². The van der Waals surface area contributed by atoms with Crippen molar-refractivity contribution in [3.05, 3.63) is 364 Å². The van der Waals surface area contributed by atoms with Crippen molar-refractivity contribution in [2.75, 3.05) is 19.6 Å². The molecule has 0 radical (unpaired) electrons. The number of anilines is 12. The van der Waals surface area contributed by atoms with Gasteiger partial charge < -0.3 is 37.3 Å². The summed E-state index contributed by atoms with van der Waals surface area (Å²) in [5, 5.41) is 28.7. The normalized spacial score (nSPS) is 12.7. The lowest BCUT2D eigenvalue weighted by molar-refractivity contribution is 0.669. The fourth-order valence-electron chi connectivity index (χ4n) is 20.8. The van der Waals surface area contributed by atoms with Crippen molar-refractivity contribution >= 4 is 274 Å². The zero-order valence-electron chi connectivity index (χ0n) is 73.5. The molecule has 0 saturated heterocycles. The number of benzene rings is 20. The lowest BCUT2D eigenvalue weighted by atomic mass is 9.91. The summed E-state index contributed by atoms with van der Waals surface area (Å²) in [6.45, 7) is 24.8. The molecule has 20 aromatic carbocycles. The number of rotatable bonds is 19. The van der Waals surface area contributed by atoms with E-state index in [0.717, 1.165) is 190 Å². The summed E-state index contributed by atoms with van der Waals surface area (Å²) >= 11 is 0. The van der Waals surface area contributed by atoms with E-state index < -0.39 is 32.3 Å². The molecule has 0 saturated carbocycles. The molecule has 12 heteroatoms. The molecular formula is C116H94N4O4Si4. The summed E-state index contributed by atoms with van der Waals surface area (Å²) in [6, 6.07) is 138. The third-order valence-corrected chi connectivity index (χ3v) is 39.3. The second-order valence-corrected chi connectivity index (χ2v) is 58.3. The van der Waals surface area contributed by atoms with Gasteiger partial charge in [-0.05, 0) is 164 Å². The number of para-hydroxylation sites is 8. The first kappa shape index (κ1) is 77.3. The van der Waals surface area contributed by atoms with E-state index in [1.54, 1.807) is 0 Å². The van der Waals surface area contributed by atoms with Crippen LogP contribution in [0.25, 0.3) is 152 Å². The largest absolute Gasteiger partial charge is 0.454 e. The van der Waals surface area contributed by atoms with Gasteiger partial charge in [0.25, 0.3) is 0 Å². The van der Waals surface area contributed by atoms with Crippen LogP contribution in [-0.2, 0) is 0 Å². The van der Waals surface area contributed by atoms with Crippen molar-refractivity contribution in [1.82, 2.24) is 0 Å². The number of furan rings is 4. The van der Waals surface area contributed by atoms with Gasteiger partial charge in [-0.3, -0.25) is 0 Å². The van der Waals surface area contributed by atoms with Gasteiger partial charge in [-0.1, -0.05) is 341 Å². The lowest BCUT2D eigenvalue weighted by Crippen LogP contribution is -2.47. The third-order valence-electron chi connectivity index (χ3n) is 27.9. The number of hydrogen-bond acceptors (Lipinski definition) is 8. The van der Waals surface area contributed by atoms with Gasteiger partial charge in [-0.2, -0.15) is 0 Å². The van der Waals surface area contributed by atoms with Crippen LogP contribution in [-0.4, -0.2) is 32.3 Å². The number of nitrogens with zero attached hydrogens (tertiary/aromatic N) is 4. The number of fused-ring (bicyclic) bond motifs is 12. The van der Waals surface area contributed by atoms with Gasteiger partial charge in [-0.25, -0.2) is 0 Å². The average molecular weight is 1720 g/mol. The Hall–Kier alpha value is -14.3. The van der Waals surface area contributed by atoms with Crippen molar-refractivity contribution in [1.29, 1.82) is 0 Å². The Kier molecular flexibility index (Phi) is 17.6. The van der Waals surface area contributed by atoms with Crippen molar-refractivity contribution < 1.29 is 17.7 Å². The summed E-state index contributed by atoms with van der Waals surface area (Å²) in [5.74, 6) is 0. The molecule has 0 atom stereocenters. The Bertz CT molecular complexity index is 8070. The van der Waals surface area contributed by atoms with Crippen LogP contribution in [0.15, 0.2) is 382 Å². The highest BCUT2D eigenvalue weighted by molar-refractivity contribution is 6.94. The fraction of sp³-hybridized carbons (Fsp3) is 0.103. The molecule has 618 valence electrons. The molecule has 0 spiro atoms. The molecule has 24 aromatic rings. The molecule has 0 N–H and O–H groups in total. The molecule has 8 nitrogen and oxygen atoms in total. The average Bonchev–Trinajstić information content (AvgIpc) is 0.990. The highest BCUT2D eigenvalue weighted by Crippen LogP contribution is 2.55. The van der Waals surface area contributed by atoms with Crippen molar-refractivity contribution in [3.8, 4) is 0 Å². The van der Waals surface area contributed by atoms with E-state index in [1.807, 2.05) is 0 Å². The Morgan fingerprint density at radius 3 is 0.625 bits per heavy atom. The fourth-order valence-corrected chi connectivity index (χ4v) is 30.9. The zero-order valence-corrected chi connectivity index (χ0v) is 77.5. The van der Waals surface area contributed by atoms with Crippen LogP contribution in [0.1, 0.15) is 0 Å². The molecular weight excluding hydrogens is 1630 g/mol. The minimum Gasteiger partial charge on any atom is -0.454 e. The molecule has 0 aliphatic carbocycles. The summed E-state index contributed by atoms with van der Waals surface area (Å²) in [6.07, 6.45) is 0. The Balaban J connectivity index is 0.583. The van der Waals surface area contributed by atoms with E-state index in [4.69, 9.17) is 17.7 Å². The maximum atomic E-state index is 7.04.